The molecule has 2 heterocycles. The zero-order valence-corrected chi connectivity index (χ0v) is 20.7. The molecule has 182 valence electrons. The van der Waals surface area contributed by atoms with E-state index >= 15 is 0 Å². The van der Waals surface area contributed by atoms with E-state index in [1.807, 2.05) is 42.5 Å². The van der Waals surface area contributed by atoms with Crippen LogP contribution in [0.3, 0.4) is 0 Å². The van der Waals surface area contributed by atoms with Gasteiger partial charge in [-0.25, -0.2) is 13.4 Å². The van der Waals surface area contributed by atoms with Crippen molar-refractivity contribution in [1.82, 2.24) is 14.5 Å². The van der Waals surface area contributed by atoms with Gasteiger partial charge in [-0.2, -0.15) is 0 Å². The highest BCUT2D eigenvalue weighted by Gasteiger charge is 2.34. The lowest BCUT2D eigenvalue weighted by atomic mass is 9.91. The summed E-state index contributed by atoms with van der Waals surface area (Å²) in [6, 6.07) is 13.4. The van der Waals surface area contributed by atoms with Gasteiger partial charge in [0.25, 0.3) is 0 Å². The number of carbonyl (C=O) groups is 1. The van der Waals surface area contributed by atoms with Gasteiger partial charge in [-0.15, -0.1) is 0 Å². The number of aliphatic imine (C=N–C) groups is 1. The maximum absolute atomic E-state index is 12.4. The summed E-state index contributed by atoms with van der Waals surface area (Å²) in [7, 11) is -1.97. The second-order valence-corrected chi connectivity index (χ2v) is 11.0. The number of hydrogen-bond acceptors (Lipinski definition) is 8. The van der Waals surface area contributed by atoms with Crippen molar-refractivity contribution in [3.8, 4) is 17.2 Å². The molecule has 0 aromatic heterocycles. The zero-order valence-electron chi connectivity index (χ0n) is 19.9. The van der Waals surface area contributed by atoms with Crippen LogP contribution in [0.25, 0.3) is 0 Å². The number of hydrogen-bond donors (Lipinski definition) is 1. The number of rotatable bonds is 5. The molecular weight excluding hydrogens is 456 g/mol. The Kier molecular flexibility index (Phi) is 6.55. The number of nitrogens with one attached hydrogen (secondary N) is 1. The minimum atomic E-state index is -3.60. The average molecular weight is 487 g/mol. The van der Waals surface area contributed by atoms with Crippen LogP contribution >= 0.6 is 0 Å². The van der Waals surface area contributed by atoms with Gasteiger partial charge in [-0.05, 0) is 44.2 Å². The Morgan fingerprint density at radius 1 is 1.12 bits per heavy atom. The predicted molar refractivity (Wildman–Crippen MR) is 130 cm³/mol. The summed E-state index contributed by atoms with van der Waals surface area (Å²) in [5.74, 6) is 2.44. The Bertz CT molecular complexity index is 1220. The highest BCUT2D eigenvalue weighted by Crippen LogP contribution is 2.39. The van der Waals surface area contributed by atoms with Crippen molar-refractivity contribution in [3.05, 3.63) is 48.0 Å². The second-order valence-electron chi connectivity index (χ2n) is 9.22. The van der Waals surface area contributed by atoms with Gasteiger partial charge in [-0.1, -0.05) is 12.1 Å². The van der Waals surface area contributed by atoms with Gasteiger partial charge in [0.15, 0.2) is 5.75 Å². The molecule has 1 saturated heterocycles. The summed E-state index contributed by atoms with van der Waals surface area (Å²) >= 11 is 0. The molecule has 0 bridgehead atoms. The summed E-state index contributed by atoms with van der Waals surface area (Å²) in [4.78, 5) is 21.8. The van der Waals surface area contributed by atoms with Crippen LogP contribution in [0.1, 0.15) is 19.4 Å². The van der Waals surface area contributed by atoms with Crippen LogP contribution in [-0.4, -0.2) is 76.0 Å². The van der Waals surface area contributed by atoms with Crippen LogP contribution in [0, 0.1) is 5.41 Å². The van der Waals surface area contributed by atoms with E-state index in [1.165, 1.54) is 0 Å². The van der Waals surface area contributed by atoms with Gasteiger partial charge < -0.3 is 14.4 Å². The minimum absolute atomic E-state index is 0.449. The Labute approximate surface area is 200 Å². The maximum Gasteiger partial charge on any atom is 0.240 e. The number of amidine groups is 1. The van der Waals surface area contributed by atoms with Gasteiger partial charge >= 0.3 is 0 Å². The van der Waals surface area contributed by atoms with Crippen molar-refractivity contribution in [2.75, 3.05) is 46.1 Å². The number of benzene rings is 2. The van der Waals surface area contributed by atoms with Crippen LogP contribution < -0.4 is 14.2 Å². The number of piperazine rings is 1. The van der Waals surface area contributed by atoms with E-state index in [1.54, 1.807) is 21.0 Å². The summed E-state index contributed by atoms with van der Waals surface area (Å²) in [5.41, 5.74) is 0.767. The van der Waals surface area contributed by atoms with Crippen LogP contribution in [0.2, 0.25) is 0 Å². The molecule has 34 heavy (non-hydrogen) atoms. The standard InChI is InChI=1S/C24H30N4O5S/c1-24(2,23(29)26-34(4,30)31)16-27-11-13-28(14-12-27)22-18-15-17(32-3)9-10-20(18)33-21-8-6-5-7-19(21)25-22/h5-10,15H,11-14,16H2,1-4H3,(H,26,29). The highest BCUT2D eigenvalue weighted by molar-refractivity contribution is 7.89. The number of fused-ring (bicyclic) bond motifs is 2. The Morgan fingerprint density at radius 3 is 2.50 bits per heavy atom. The number of amides is 1. The van der Waals surface area contributed by atoms with Gasteiger partial charge in [0.2, 0.25) is 15.9 Å². The van der Waals surface area contributed by atoms with Crippen LogP contribution in [-0.2, 0) is 14.8 Å². The summed E-state index contributed by atoms with van der Waals surface area (Å²) in [6.45, 7) is 6.76. The number of carbonyl (C=O) groups excluding carboxylic acids is 1. The molecule has 9 nitrogen and oxygen atoms in total. The lowest BCUT2D eigenvalue weighted by molar-refractivity contribution is -0.128. The van der Waals surface area contributed by atoms with E-state index in [4.69, 9.17) is 14.5 Å². The van der Waals surface area contributed by atoms with Crippen molar-refractivity contribution in [2.24, 2.45) is 10.4 Å². The molecule has 0 unspecified atom stereocenters. The van der Waals surface area contributed by atoms with Crippen molar-refractivity contribution >= 4 is 27.5 Å². The first-order valence-corrected chi connectivity index (χ1v) is 13.0. The third kappa shape index (κ3) is 5.34. The molecule has 2 aromatic carbocycles. The molecule has 2 aliphatic rings. The molecular formula is C24H30N4O5S. The van der Waals surface area contributed by atoms with E-state index in [0.717, 1.165) is 29.1 Å². The fourth-order valence-corrected chi connectivity index (χ4v) is 4.74. The summed E-state index contributed by atoms with van der Waals surface area (Å²) < 4.78 is 36.7. The van der Waals surface area contributed by atoms with E-state index in [9.17, 15) is 13.2 Å². The number of nitrogens with zero attached hydrogens (tertiary/aromatic N) is 3. The Morgan fingerprint density at radius 2 is 1.82 bits per heavy atom. The molecule has 0 aliphatic carbocycles. The Hall–Kier alpha value is -3.11. The average Bonchev–Trinajstić information content (AvgIpc) is 2.94. The van der Waals surface area contributed by atoms with Gasteiger partial charge in [0.1, 0.15) is 23.0 Å². The predicted octanol–water partition coefficient (Wildman–Crippen LogP) is 2.60. The SMILES string of the molecule is COc1ccc2c(c1)C(N1CCN(CC(C)(C)C(=O)NS(C)(=O)=O)CC1)=Nc1ccccc1O2. The third-order valence-electron chi connectivity index (χ3n) is 5.92. The normalized spacial score (nSPS) is 16.5. The fraction of sp³-hybridized carbons (Fsp3) is 0.417. The molecule has 2 aliphatic heterocycles. The summed E-state index contributed by atoms with van der Waals surface area (Å²) in [5, 5.41) is 0. The van der Waals surface area contributed by atoms with Crippen molar-refractivity contribution in [2.45, 2.75) is 13.8 Å². The van der Waals surface area contributed by atoms with Gasteiger partial charge in [0.05, 0.1) is 24.3 Å². The first-order valence-electron chi connectivity index (χ1n) is 11.1. The fourth-order valence-electron chi connectivity index (χ4n) is 4.12. The quantitative estimate of drug-likeness (QED) is 0.693. The zero-order chi connectivity index (χ0) is 24.5. The first kappa shape index (κ1) is 24.0. The van der Waals surface area contributed by atoms with E-state index in [2.05, 4.69) is 14.5 Å². The van der Waals surface area contributed by atoms with Gasteiger partial charge in [0, 0.05) is 32.7 Å². The number of ether oxygens (including phenoxy) is 2. The highest BCUT2D eigenvalue weighted by atomic mass is 32.2. The maximum atomic E-state index is 12.4. The molecule has 0 spiro atoms. The number of para-hydroxylation sites is 2. The molecule has 1 N–H and O–H groups in total. The Balaban J connectivity index is 1.53. The lowest BCUT2D eigenvalue weighted by Crippen LogP contribution is -2.53. The molecule has 0 radical (unpaired) electrons. The lowest BCUT2D eigenvalue weighted by Gasteiger charge is -2.39. The largest absolute Gasteiger partial charge is 0.497 e. The molecule has 1 amide bonds. The minimum Gasteiger partial charge on any atom is -0.497 e. The van der Waals surface area contributed by atoms with E-state index in [0.29, 0.717) is 44.2 Å². The molecule has 1 fully saturated rings. The van der Waals surface area contributed by atoms with Crippen molar-refractivity contribution < 1.29 is 22.7 Å². The number of sulfonamides is 1. The smallest absolute Gasteiger partial charge is 0.240 e. The topological polar surface area (TPSA) is 101 Å². The first-order chi connectivity index (χ1) is 16.1. The second kappa shape index (κ2) is 9.27. The van der Waals surface area contributed by atoms with Crippen LogP contribution in [0.4, 0.5) is 5.69 Å². The molecule has 0 saturated carbocycles. The molecule has 4 rings (SSSR count). The van der Waals surface area contributed by atoms with Gasteiger partial charge in [-0.3, -0.25) is 14.4 Å². The monoisotopic (exact) mass is 486 g/mol. The number of methoxy groups -OCH3 is 1. The van der Waals surface area contributed by atoms with E-state index < -0.39 is 21.3 Å². The third-order valence-corrected chi connectivity index (χ3v) is 6.48. The molecule has 2 aromatic rings. The summed E-state index contributed by atoms with van der Waals surface area (Å²) in [6.07, 6.45) is 0.988. The van der Waals surface area contributed by atoms with Crippen LogP contribution in [0.15, 0.2) is 47.5 Å². The van der Waals surface area contributed by atoms with Crippen molar-refractivity contribution in [3.63, 3.8) is 0 Å². The van der Waals surface area contributed by atoms with Crippen molar-refractivity contribution in [1.29, 1.82) is 0 Å². The molecule has 10 heteroatoms. The van der Waals surface area contributed by atoms with Crippen LogP contribution in [0.5, 0.6) is 17.2 Å². The van der Waals surface area contributed by atoms with E-state index in [-0.39, 0.29) is 0 Å². The molecule has 0 atom stereocenters.